The number of para-hydroxylation sites is 1. The lowest BCUT2D eigenvalue weighted by Gasteiger charge is -2.10. The minimum atomic E-state index is -0.397. The Kier molecular flexibility index (Phi) is 6.83. The van der Waals surface area contributed by atoms with E-state index in [1.807, 2.05) is 19.1 Å². The third-order valence-electron chi connectivity index (χ3n) is 2.41. The molecule has 1 aromatic carbocycles. The number of benzene rings is 1. The largest absolute Gasteiger partial charge is 0.385 e. The first-order chi connectivity index (χ1) is 8.75. The zero-order valence-corrected chi connectivity index (χ0v) is 10.7. The molecule has 5 nitrogen and oxygen atoms in total. The van der Waals surface area contributed by atoms with Crippen molar-refractivity contribution >= 4 is 11.6 Å². The minimum Gasteiger partial charge on any atom is -0.385 e. The zero-order chi connectivity index (χ0) is 13.2. The van der Waals surface area contributed by atoms with Crippen LogP contribution in [0.5, 0.6) is 0 Å². The van der Waals surface area contributed by atoms with Gasteiger partial charge in [-0.05, 0) is 19.1 Å². The van der Waals surface area contributed by atoms with Gasteiger partial charge >= 0.3 is 0 Å². The van der Waals surface area contributed by atoms with Gasteiger partial charge in [-0.15, -0.1) is 0 Å². The molecule has 0 aromatic heterocycles. The van der Waals surface area contributed by atoms with E-state index in [0.29, 0.717) is 5.56 Å². The topological polar surface area (TPSA) is 76.4 Å². The Balaban J connectivity index is 0.000000225. The van der Waals surface area contributed by atoms with Gasteiger partial charge in [0.25, 0.3) is 5.91 Å². The number of morpholine rings is 1. The highest BCUT2D eigenvalue weighted by Gasteiger charge is 2.04. The third kappa shape index (κ3) is 5.16. The maximum absolute atomic E-state index is 10.9. The molecule has 4 N–H and O–H groups in total. The van der Waals surface area contributed by atoms with E-state index in [1.165, 1.54) is 0 Å². The van der Waals surface area contributed by atoms with Crippen LogP contribution in [0.2, 0.25) is 0 Å². The smallest absolute Gasteiger partial charge is 0.250 e. The maximum atomic E-state index is 10.9. The molecule has 0 atom stereocenters. The van der Waals surface area contributed by atoms with Crippen LogP contribution in [0.1, 0.15) is 17.3 Å². The summed E-state index contributed by atoms with van der Waals surface area (Å²) in [5, 5.41) is 6.22. The molecule has 1 amide bonds. The predicted octanol–water partition coefficient (Wildman–Crippen LogP) is 0.823. The van der Waals surface area contributed by atoms with Crippen LogP contribution < -0.4 is 16.4 Å². The molecule has 1 aliphatic rings. The van der Waals surface area contributed by atoms with Crippen molar-refractivity contribution in [2.45, 2.75) is 6.92 Å². The van der Waals surface area contributed by atoms with Crippen molar-refractivity contribution in [2.24, 2.45) is 5.73 Å². The van der Waals surface area contributed by atoms with Gasteiger partial charge in [0.2, 0.25) is 0 Å². The van der Waals surface area contributed by atoms with E-state index in [9.17, 15) is 4.79 Å². The Bertz CT molecular complexity index is 353. The summed E-state index contributed by atoms with van der Waals surface area (Å²) in [6.45, 7) is 6.59. The molecule has 1 saturated heterocycles. The molecule has 1 fully saturated rings. The highest BCUT2D eigenvalue weighted by molar-refractivity contribution is 5.98. The normalized spacial score (nSPS) is 14.3. The van der Waals surface area contributed by atoms with Crippen molar-refractivity contribution in [3.8, 4) is 0 Å². The van der Waals surface area contributed by atoms with Crippen molar-refractivity contribution in [2.75, 3.05) is 38.2 Å². The van der Waals surface area contributed by atoms with Crippen molar-refractivity contribution < 1.29 is 9.53 Å². The van der Waals surface area contributed by atoms with E-state index in [1.54, 1.807) is 12.1 Å². The number of primary amides is 1. The van der Waals surface area contributed by atoms with Crippen LogP contribution in [0, 0.1) is 0 Å². The lowest BCUT2D eigenvalue weighted by Crippen LogP contribution is -2.30. The van der Waals surface area contributed by atoms with Crippen LogP contribution >= 0.6 is 0 Å². The van der Waals surface area contributed by atoms with Crippen LogP contribution in [0.4, 0.5) is 5.69 Å². The van der Waals surface area contributed by atoms with E-state index in [0.717, 1.165) is 38.5 Å². The van der Waals surface area contributed by atoms with Crippen LogP contribution in [0.3, 0.4) is 0 Å². The summed E-state index contributed by atoms with van der Waals surface area (Å²) in [6, 6.07) is 7.20. The molecular formula is C13H21N3O2. The monoisotopic (exact) mass is 251 g/mol. The van der Waals surface area contributed by atoms with Gasteiger partial charge in [0, 0.05) is 25.3 Å². The number of rotatable bonds is 3. The molecule has 0 aliphatic carbocycles. The lowest BCUT2D eigenvalue weighted by atomic mass is 10.1. The number of anilines is 1. The number of hydrogen-bond acceptors (Lipinski definition) is 4. The average molecular weight is 251 g/mol. The van der Waals surface area contributed by atoms with E-state index in [4.69, 9.17) is 10.5 Å². The second-order valence-corrected chi connectivity index (χ2v) is 3.80. The summed E-state index contributed by atoms with van der Waals surface area (Å²) < 4.78 is 5.01. The van der Waals surface area contributed by atoms with Gasteiger partial charge in [-0.3, -0.25) is 4.79 Å². The Morgan fingerprint density at radius 2 is 2.06 bits per heavy atom. The summed E-state index contributed by atoms with van der Waals surface area (Å²) in [7, 11) is 0. The van der Waals surface area contributed by atoms with Gasteiger partial charge in [0.05, 0.1) is 18.8 Å². The number of nitrogens with one attached hydrogen (secondary N) is 2. The van der Waals surface area contributed by atoms with Gasteiger partial charge in [-0.2, -0.15) is 0 Å². The lowest BCUT2D eigenvalue weighted by molar-refractivity contribution is 0.100. The summed E-state index contributed by atoms with van der Waals surface area (Å²) >= 11 is 0. The molecular weight excluding hydrogens is 230 g/mol. The Morgan fingerprint density at radius 3 is 2.50 bits per heavy atom. The van der Waals surface area contributed by atoms with Crippen molar-refractivity contribution in [3.63, 3.8) is 0 Å². The fourth-order valence-corrected chi connectivity index (χ4v) is 1.56. The fourth-order valence-electron chi connectivity index (χ4n) is 1.56. The molecule has 0 unspecified atom stereocenters. The van der Waals surface area contributed by atoms with Gasteiger partial charge in [0.1, 0.15) is 0 Å². The van der Waals surface area contributed by atoms with Gasteiger partial charge in [-0.1, -0.05) is 12.1 Å². The Labute approximate surface area is 108 Å². The molecule has 0 spiro atoms. The van der Waals surface area contributed by atoms with Crippen molar-refractivity contribution in [1.29, 1.82) is 0 Å². The number of carbonyl (C=O) groups is 1. The van der Waals surface area contributed by atoms with Crippen molar-refractivity contribution in [3.05, 3.63) is 29.8 Å². The molecule has 2 rings (SSSR count). The molecule has 0 bridgehead atoms. The number of ether oxygens (including phenoxy) is 1. The number of carbonyl (C=O) groups excluding carboxylic acids is 1. The second kappa shape index (κ2) is 8.49. The number of hydrogen-bond donors (Lipinski definition) is 3. The van der Waals surface area contributed by atoms with E-state index in [2.05, 4.69) is 10.6 Å². The van der Waals surface area contributed by atoms with Gasteiger partial charge in [0.15, 0.2) is 0 Å². The quantitative estimate of drug-likeness (QED) is 0.743. The van der Waals surface area contributed by atoms with E-state index >= 15 is 0 Å². The first-order valence-corrected chi connectivity index (χ1v) is 6.17. The SMILES string of the molecule is C1COCCN1.CCNc1ccccc1C(N)=O. The van der Waals surface area contributed by atoms with E-state index in [-0.39, 0.29) is 0 Å². The average Bonchev–Trinajstić information content (AvgIpc) is 2.42. The minimum absolute atomic E-state index is 0.397. The first kappa shape index (κ1) is 14.5. The molecule has 5 heteroatoms. The number of nitrogens with two attached hydrogens (primary N) is 1. The highest BCUT2D eigenvalue weighted by atomic mass is 16.5. The molecule has 0 saturated carbocycles. The van der Waals surface area contributed by atoms with Crippen LogP contribution in [-0.4, -0.2) is 38.8 Å². The molecule has 18 heavy (non-hydrogen) atoms. The summed E-state index contributed by atoms with van der Waals surface area (Å²) in [5.41, 5.74) is 6.51. The Hall–Kier alpha value is -1.59. The van der Waals surface area contributed by atoms with Crippen LogP contribution in [0.15, 0.2) is 24.3 Å². The Morgan fingerprint density at radius 1 is 1.39 bits per heavy atom. The third-order valence-corrected chi connectivity index (χ3v) is 2.41. The standard InChI is InChI=1S/C9H12N2O.C4H9NO/c1-2-11-8-6-4-3-5-7(8)9(10)12;1-3-6-4-2-5-1/h3-6,11H,2H2,1H3,(H2,10,12);5H,1-4H2. The fraction of sp³-hybridized carbons (Fsp3) is 0.462. The molecule has 1 aromatic rings. The molecule has 0 radical (unpaired) electrons. The predicted molar refractivity (Wildman–Crippen MR) is 72.8 cm³/mol. The van der Waals surface area contributed by atoms with Crippen LogP contribution in [0.25, 0.3) is 0 Å². The maximum Gasteiger partial charge on any atom is 0.250 e. The zero-order valence-electron chi connectivity index (χ0n) is 10.7. The summed E-state index contributed by atoms with van der Waals surface area (Å²) in [4.78, 5) is 10.9. The highest BCUT2D eigenvalue weighted by Crippen LogP contribution is 2.13. The summed E-state index contributed by atoms with van der Waals surface area (Å²) in [5.74, 6) is -0.397. The first-order valence-electron chi connectivity index (χ1n) is 6.17. The van der Waals surface area contributed by atoms with E-state index < -0.39 is 5.91 Å². The number of amides is 1. The van der Waals surface area contributed by atoms with Gasteiger partial charge < -0.3 is 21.1 Å². The second-order valence-electron chi connectivity index (χ2n) is 3.80. The van der Waals surface area contributed by atoms with Gasteiger partial charge in [-0.25, -0.2) is 0 Å². The summed E-state index contributed by atoms with van der Waals surface area (Å²) in [6.07, 6.45) is 0. The molecule has 1 heterocycles. The molecule has 1 aliphatic heterocycles. The van der Waals surface area contributed by atoms with Crippen molar-refractivity contribution in [1.82, 2.24) is 5.32 Å². The van der Waals surface area contributed by atoms with Crippen LogP contribution in [-0.2, 0) is 4.74 Å². The molecule has 100 valence electrons.